The minimum absolute atomic E-state index is 0.366. The van der Waals surface area contributed by atoms with E-state index in [0.717, 1.165) is 19.0 Å². The van der Waals surface area contributed by atoms with Crippen LogP contribution in [0.2, 0.25) is 0 Å². The SMILES string of the molecule is CC(C)(C)CCC1CCCN(Cc2ccc(C(=O)O)cc2)C1. The van der Waals surface area contributed by atoms with Gasteiger partial charge in [0, 0.05) is 13.1 Å². The number of carbonyl (C=O) groups is 1. The van der Waals surface area contributed by atoms with Crippen LogP contribution in [-0.4, -0.2) is 29.1 Å². The third kappa shape index (κ3) is 5.45. The molecule has 1 heterocycles. The van der Waals surface area contributed by atoms with Crippen LogP contribution in [-0.2, 0) is 6.54 Å². The Morgan fingerprint density at radius 1 is 1.27 bits per heavy atom. The Bertz CT molecular complexity index is 487. The lowest BCUT2D eigenvalue weighted by atomic mass is 9.84. The zero-order valence-electron chi connectivity index (χ0n) is 14.1. The lowest BCUT2D eigenvalue weighted by Crippen LogP contribution is -2.35. The van der Waals surface area contributed by atoms with Gasteiger partial charge in [0.15, 0.2) is 0 Å². The smallest absolute Gasteiger partial charge is 0.335 e. The van der Waals surface area contributed by atoms with Gasteiger partial charge in [-0.3, -0.25) is 4.90 Å². The molecule has 1 aliphatic heterocycles. The number of benzene rings is 1. The first-order valence-electron chi connectivity index (χ1n) is 8.38. The predicted octanol–water partition coefficient (Wildman–Crippen LogP) is 4.42. The van der Waals surface area contributed by atoms with Crippen molar-refractivity contribution in [3.05, 3.63) is 35.4 Å². The molecule has 3 nitrogen and oxygen atoms in total. The van der Waals surface area contributed by atoms with Crippen molar-refractivity contribution < 1.29 is 9.90 Å². The highest BCUT2D eigenvalue weighted by Crippen LogP contribution is 2.28. The van der Waals surface area contributed by atoms with Crippen LogP contribution in [0, 0.1) is 11.3 Å². The molecule has 0 saturated carbocycles. The van der Waals surface area contributed by atoms with Gasteiger partial charge in [0.1, 0.15) is 0 Å². The molecule has 1 atom stereocenters. The fourth-order valence-corrected chi connectivity index (χ4v) is 3.18. The van der Waals surface area contributed by atoms with Crippen LogP contribution < -0.4 is 0 Å². The van der Waals surface area contributed by atoms with Gasteiger partial charge in [0.05, 0.1) is 5.56 Å². The summed E-state index contributed by atoms with van der Waals surface area (Å²) in [6.45, 7) is 10.2. The van der Waals surface area contributed by atoms with Crippen LogP contribution in [0.1, 0.15) is 62.4 Å². The quantitative estimate of drug-likeness (QED) is 0.875. The normalized spacial score (nSPS) is 20.0. The molecule has 1 N–H and O–H groups in total. The second-order valence-corrected chi connectivity index (χ2v) is 7.84. The van der Waals surface area contributed by atoms with Crippen LogP contribution in [0.3, 0.4) is 0 Å². The molecule has 1 saturated heterocycles. The summed E-state index contributed by atoms with van der Waals surface area (Å²) < 4.78 is 0. The second kappa shape index (κ2) is 7.28. The van der Waals surface area contributed by atoms with Crippen molar-refractivity contribution in [1.29, 1.82) is 0 Å². The highest BCUT2D eigenvalue weighted by molar-refractivity contribution is 5.87. The molecule has 0 bridgehead atoms. The number of piperidine rings is 1. The zero-order valence-corrected chi connectivity index (χ0v) is 14.1. The summed E-state index contributed by atoms with van der Waals surface area (Å²) in [5.74, 6) is -0.0435. The molecule has 1 aromatic carbocycles. The van der Waals surface area contributed by atoms with Crippen LogP contribution in [0.25, 0.3) is 0 Å². The predicted molar refractivity (Wildman–Crippen MR) is 90.1 cm³/mol. The number of aromatic carboxylic acids is 1. The van der Waals surface area contributed by atoms with Crippen molar-refractivity contribution in [2.24, 2.45) is 11.3 Å². The number of likely N-dealkylation sites (tertiary alicyclic amines) is 1. The molecule has 1 aliphatic rings. The Kier molecular flexibility index (Phi) is 5.63. The number of carboxylic acids is 1. The summed E-state index contributed by atoms with van der Waals surface area (Å²) in [4.78, 5) is 13.4. The van der Waals surface area contributed by atoms with E-state index in [-0.39, 0.29) is 0 Å². The van der Waals surface area contributed by atoms with Crippen molar-refractivity contribution >= 4 is 5.97 Å². The average Bonchev–Trinajstić information content (AvgIpc) is 2.45. The van der Waals surface area contributed by atoms with Crippen LogP contribution in [0.5, 0.6) is 0 Å². The van der Waals surface area contributed by atoms with Gasteiger partial charge in [-0.25, -0.2) is 4.79 Å². The number of rotatable bonds is 5. The molecule has 0 spiro atoms. The van der Waals surface area contributed by atoms with Gasteiger partial charge in [-0.15, -0.1) is 0 Å². The molecule has 0 amide bonds. The van der Waals surface area contributed by atoms with Crippen LogP contribution >= 0.6 is 0 Å². The molecule has 3 heteroatoms. The molecular formula is C19H29NO2. The van der Waals surface area contributed by atoms with Crippen LogP contribution in [0.15, 0.2) is 24.3 Å². The summed E-state index contributed by atoms with van der Waals surface area (Å²) in [7, 11) is 0. The van der Waals surface area contributed by atoms with E-state index in [9.17, 15) is 4.79 Å². The average molecular weight is 303 g/mol. The highest BCUT2D eigenvalue weighted by Gasteiger charge is 2.22. The van der Waals surface area contributed by atoms with E-state index >= 15 is 0 Å². The second-order valence-electron chi connectivity index (χ2n) is 7.84. The standard InChI is InChI=1S/C19H29NO2/c1-19(2,3)11-10-15-5-4-12-20(13-15)14-16-6-8-17(9-7-16)18(21)22/h6-9,15H,4-5,10-14H2,1-3H3,(H,21,22). The molecule has 2 rings (SSSR count). The molecule has 1 fully saturated rings. The van der Waals surface area contributed by atoms with Crippen molar-refractivity contribution in [3.63, 3.8) is 0 Å². The Hall–Kier alpha value is -1.35. The maximum absolute atomic E-state index is 10.9. The minimum atomic E-state index is -0.855. The van der Waals surface area contributed by atoms with E-state index in [1.807, 2.05) is 12.1 Å². The molecule has 0 radical (unpaired) electrons. The maximum Gasteiger partial charge on any atom is 0.335 e. The number of carboxylic acid groups (broad SMARTS) is 1. The number of nitrogens with zero attached hydrogens (tertiary/aromatic N) is 1. The summed E-state index contributed by atoms with van der Waals surface area (Å²) >= 11 is 0. The van der Waals surface area contributed by atoms with E-state index in [0.29, 0.717) is 11.0 Å². The van der Waals surface area contributed by atoms with Gasteiger partial charge in [-0.1, -0.05) is 32.9 Å². The van der Waals surface area contributed by atoms with E-state index in [4.69, 9.17) is 5.11 Å². The first kappa shape index (κ1) is 17.0. The molecule has 0 aromatic heterocycles. The maximum atomic E-state index is 10.9. The number of hydrogen-bond donors (Lipinski definition) is 1. The van der Waals surface area contributed by atoms with Crippen molar-refractivity contribution in [2.45, 2.75) is 53.0 Å². The Labute approximate surface area is 134 Å². The fourth-order valence-electron chi connectivity index (χ4n) is 3.18. The molecular weight excluding hydrogens is 274 g/mol. The van der Waals surface area contributed by atoms with E-state index in [2.05, 4.69) is 25.7 Å². The Balaban J connectivity index is 1.86. The lowest BCUT2D eigenvalue weighted by molar-refractivity contribution is 0.0697. The largest absolute Gasteiger partial charge is 0.478 e. The van der Waals surface area contributed by atoms with E-state index < -0.39 is 5.97 Å². The highest BCUT2D eigenvalue weighted by atomic mass is 16.4. The van der Waals surface area contributed by atoms with Crippen molar-refractivity contribution in [2.75, 3.05) is 13.1 Å². The summed E-state index contributed by atoms with van der Waals surface area (Å²) in [6.07, 6.45) is 5.24. The summed E-state index contributed by atoms with van der Waals surface area (Å²) in [5, 5.41) is 8.95. The molecule has 122 valence electrons. The Morgan fingerprint density at radius 3 is 2.55 bits per heavy atom. The molecule has 1 aromatic rings. The van der Waals surface area contributed by atoms with Crippen molar-refractivity contribution in [3.8, 4) is 0 Å². The van der Waals surface area contributed by atoms with Crippen molar-refractivity contribution in [1.82, 2.24) is 4.90 Å². The van der Waals surface area contributed by atoms with E-state index in [1.54, 1.807) is 12.1 Å². The monoisotopic (exact) mass is 303 g/mol. The third-order valence-corrected chi connectivity index (χ3v) is 4.51. The first-order chi connectivity index (χ1) is 10.3. The van der Waals surface area contributed by atoms with Gasteiger partial charge < -0.3 is 5.11 Å². The molecule has 22 heavy (non-hydrogen) atoms. The summed E-state index contributed by atoms with van der Waals surface area (Å²) in [6, 6.07) is 7.31. The fraction of sp³-hybridized carbons (Fsp3) is 0.632. The lowest BCUT2D eigenvalue weighted by Gasteiger charge is -2.34. The minimum Gasteiger partial charge on any atom is -0.478 e. The van der Waals surface area contributed by atoms with E-state index in [1.165, 1.54) is 37.8 Å². The first-order valence-corrected chi connectivity index (χ1v) is 8.38. The van der Waals surface area contributed by atoms with Gasteiger partial charge in [-0.2, -0.15) is 0 Å². The van der Waals surface area contributed by atoms with Gasteiger partial charge in [0.2, 0.25) is 0 Å². The topological polar surface area (TPSA) is 40.5 Å². The van der Waals surface area contributed by atoms with Gasteiger partial charge in [0.25, 0.3) is 0 Å². The van der Waals surface area contributed by atoms with Gasteiger partial charge >= 0.3 is 5.97 Å². The molecule has 0 aliphatic carbocycles. The zero-order chi connectivity index (χ0) is 16.2. The Morgan fingerprint density at radius 2 is 1.95 bits per heavy atom. The van der Waals surface area contributed by atoms with Gasteiger partial charge in [-0.05, 0) is 61.3 Å². The third-order valence-electron chi connectivity index (χ3n) is 4.51. The molecule has 1 unspecified atom stereocenters. The summed E-state index contributed by atoms with van der Waals surface area (Å²) in [5.41, 5.74) is 2.00. The van der Waals surface area contributed by atoms with Crippen LogP contribution in [0.4, 0.5) is 0 Å². The number of hydrogen-bond acceptors (Lipinski definition) is 2.